The Labute approximate surface area is 134 Å². The first kappa shape index (κ1) is 16.2. The van der Waals surface area contributed by atoms with Crippen molar-refractivity contribution < 1.29 is 4.39 Å². The smallest absolute Gasteiger partial charge is 0.127 e. The van der Waals surface area contributed by atoms with Crippen molar-refractivity contribution in [2.24, 2.45) is 0 Å². The molecule has 0 heterocycles. The summed E-state index contributed by atoms with van der Waals surface area (Å²) in [6, 6.07) is 16.0. The highest BCUT2D eigenvalue weighted by atomic mass is 79.9. The monoisotopic (exact) mass is 349 g/mol. The van der Waals surface area contributed by atoms with Crippen LogP contribution in [0.5, 0.6) is 0 Å². The van der Waals surface area contributed by atoms with Gasteiger partial charge in [0.2, 0.25) is 0 Å². The third-order valence-electron chi connectivity index (χ3n) is 3.56. The number of benzene rings is 2. The summed E-state index contributed by atoms with van der Waals surface area (Å²) in [7, 11) is 0. The molecule has 21 heavy (non-hydrogen) atoms. The van der Waals surface area contributed by atoms with E-state index in [1.807, 2.05) is 18.2 Å². The van der Waals surface area contributed by atoms with Gasteiger partial charge in [0.1, 0.15) is 5.82 Å². The molecule has 1 nitrogen and oxygen atoms in total. The average Bonchev–Trinajstić information content (AvgIpc) is 2.50. The molecule has 1 unspecified atom stereocenters. The number of halogens is 2. The Hall–Kier alpha value is -1.19. The predicted octanol–water partition coefficient (Wildman–Crippen LogP) is 5.26. The number of hydrogen-bond acceptors (Lipinski definition) is 1. The summed E-state index contributed by atoms with van der Waals surface area (Å²) >= 11 is 3.29. The molecule has 0 spiro atoms. The lowest BCUT2D eigenvalue weighted by atomic mass is 9.98. The first-order chi connectivity index (χ1) is 10.2. The standard InChI is InChI=1S/C18H21BrFN/c1-2-12-21-18(15-6-4-3-5-7-15)11-9-14-8-10-16(19)13-17(14)20/h3-8,10,13,18,21H,2,9,11-12H2,1H3. The Morgan fingerprint density at radius 2 is 1.90 bits per heavy atom. The van der Waals surface area contributed by atoms with E-state index < -0.39 is 0 Å². The fourth-order valence-corrected chi connectivity index (χ4v) is 2.75. The largest absolute Gasteiger partial charge is 0.310 e. The van der Waals surface area contributed by atoms with Gasteiger partial charge in [-0.1, -0.05) is 59.3 Å². The summed E-state index contributed by atoms with van der Waals surface area (Å²) in [6.45, 7) is 3.13. The summed E-state index contributed by atoms with van der Waals surface area (Å²) in [5.41, 5.74) is 2.04. The van der Waals surface area contributed by atoms with Gasteiger partial charge in [-0.25, -0.2) is 4.39 Å². The van der Waals surface area contributed by atoms with Crippen LogP contribution in [-0.2, 0) is 6.42 Å². The summed E-state index contributed by atoms with van der Waals surface area (Å²) in [5, 5.41) is 3.56. The number of rotatable bonds is 7. The highest BCUT2D eigenvalue weighted by Crippen LogP contribution is 2.22. The Kier molecular flexibility index (Phi) is 6.40. The summed E-state index contributed by atoms with van der Waals surface area (Å²) in [4.78, 5) is 0. The third-order valence-corrected chi connectivity index (χ3v) is 4.05. The van der Waals surface area contributed by atoms with Crippen LogP contribution in [0, 0.1) is 5.82 Å². The van der Waals surface area contributed by atoms with Crippen LogP contribution in [0.3, 0.4) is 0 Å². The molecule has 0 aliphatic rings. The van der Waals surface area contributed by atoms with Gasteiger partial charge in [0, 0.05) is 10.5 Å². The number of nitrogens with one attached hydrogen (secondary N) is 1. The van der Waals surface area contributed by atoms with Gasteiger partial charge in [0.15, 0.2) is 0 Å². The van der Waals surface area contributed by atoms with Crippen molar-refractivity contribution in [3.05, 3.63) is 69.9 Å². The molecule has 2 aromatic carbocycles. The molecule has 0 saturated heterocycles. The molecule has 1 N–H and O–H groups in total. The van der Waals surface area contributed by atoms with Gasteiger partial charge < -0.3 is 5.32 Å². The van der Waals surface area contributed by atoms with Crippen molar-refractivity contribution in [1.29, 1.82) is 0 Å². The lowest BCUT2D eigenvalue weighted by Crippen LogP contribution is -2.22. The quantitative estimate of drug-likeness (QED) is 0.718. The molecule has 0 radical (unpaired) electrons. The zero-order valence-electron chi connectivity index (χ0n) is 12.3. The van der Waals surface area contributed by atoms with E-state index in [0.717, 1.165) is 35.8 Å². The topological polar surface area (TPSA) is 12.0 Å². The van der Waals surface area contributed by atoms with Crippen LogP contribution in [0.1, 0.15) is 36.9 Å². The molecule has 0 aliphatic heterocycles. The Morgan fingerprint density at radius 3 is 2.57 bits per heavy atom. The van der Waals surface area contributed by atoms with Crippen molar-refractivity contribution in [3.63, 3.8) is 0 Å². The lowest BCUT2D eigenvalue weighted by molar-refractivity contribution is 0.492. The fourth-order valence-electron chi connectivity index (χ4n) is 2.41. The first-order valence-corrected chi connectivity index (χ1v) is 8.22. The molecule has 3 heteroatoms. The number of aryl methyl sites for hydroxylation is 1. The molecule has 2 rings (SSSR count). The van der Waals surface area contributed by atoms with E-state index in [0.29, 0.717) is 0 Å². The molecular formula is C18H21BrFN. The maximum atomic E-state index is 13.9. The van der Waals surface area contributed by atoms with E-state index in [1.54, 1.807) is 0 Å². The van der Waals surface area contributed by atoms with Crippen molar-refractivity contribution in [2.45, 2.75) is 32.2 Å². The van der Waals surface area contributed by atoms with E-state index in [4.69, 9.17) is 0 Å². The molecule has 0 saturated carbocycles. The second kappa shape index (κ2) is 8.30. The predicted molar refractivity (Wildman–Crippen MR) is 89.9 cm³/mol. The van der Waals surface area contributed by atoms with Crippen molar-refractivity contribution >= 4 is 15.9 Å². The second-order valence-electron chi connectivity index (χ2n) is 5.19. The van der Waals surface area contributed by atoms with Crippen LogP contribution in [-0.4, -0.2) is 6.54 Å². The maximum Gasteiger partial charge on any atom is 0.127 e. The maximum absolute atomic E-state index is 13.9. The number of hydrogen-bond donors (Lipinski definition) is 1. The van der Waals surface area contributed by atoms with Gasteiger partial charge in [-0.2, -0.15) is 0 Å². The van der Waals surface area contributed by atoms with Gasteiger partial charge in [-0.05, 0) is 49.1 Å². The molecule has 0 aliphatic carbocycles. The van der Waals surface area contributed by atoms with Crippen LogP contribution >= 0.6 is 15.9 Å². The minimum absolute atomic E-state index is 0.133. The Balaban J connectivity index is 2.05. The van der Waals surface area contributed by atoms with Crippen LogP contribution in [0.25, 0.3) is 0 Å². The van der Waals surface area contributed by atoms with Gasteiger partial charge in [-0.15, -0.1) is 0 Å². The molecule has 112 valence electrons. The van der Waals surface area contributed by atoms with Crippen LogP contribution in [0.2, 0.25) is 0 Å². The molecule has 0 bridgehead atoms. The average molecular weight is 350 g/mol. The SMILES string of the molecule is CCCNC(CCc1ccc(Br)cc1F)c1ccccc1. The fraction of sp³-hybridized carbons (Fsp3) is 0.333. The van der Waals surface area contributed by atoms with E-state index in [9.17, 15) is 4.39 Å². The Morgan fingerprint density at radius 1 is 1.14 bits per heavy atom. The molecule has 0 aromatic heterocycles. The van der Waals surface area contributed by atoms with E-state index in [-0.39, 0.29) is 11.9 Å². The first-order valence-electron chi connectivity index (χ1n) is 7.43. The molecule has 0 amide bonds. The van der Waals surface area contributed by atoms with Crippen LogP contribution in [0.15, 0.2) is 53.0 Å². The van der Waals surface area contributed by atoms with Crippen LogP contribution < -0.4 is 5.32 Å². The van der Waals surface area contributed by atoms with E-state index >= 15 is 0 Å². The van der Waals surface area contributed by atoms with Crippen LogP contribution in [0.4, 0.5) is 4.39 Å². The third kappa shape index (κ3) is 4.94. The zero-order chi connectivity index (χ0) is 15.1. The van der Waals surface area contributed by atoms with Gasteiger partial charge in [0.25, 0.3) is 0 Å². The van der Waals surface area contributed by atoms with Crippen molar-refractivity contribution in [2.75, 3.05) is 6.54 Å². The van der Waals surface area contributed by atoms with Crippen molar-refractivity contribution in [3.8, 4) is 0 Å². The van der Waals surface area contributed by atoms with Gasteiger partial charge >= 0.3 is 0 Å². The molecule has 0 fully saturated rings. The highest BCUT2D eigenvalue weighted by Gasteiger charge is 2.12. The molecular weight excluding hydrogens is 329 g/mol. The molecule has 2 aromatic rings. The van der Waals surface area contributed by atoms with E-state index in [2.05, 4.69) is 52.4 Å². The minimum Gasteiger partial charge on any atom is -0.310 e. The van der Waals surface area contributed by atoms with Gasteiger partial charge in [-0.3, -0.25) is 0 Å². The minimum atomic E-state index is -0.133. The second-order valence-corrected chi connectivity index (χ2v) is 6.11. The summed E-state index contributed by atoms with van der Waals surface area (Å²) in [5.74, 6) is -0.133. The summed E-state index contributed by atoms with van der Waals surface area (Å²) in [6.07, 6.45) is 2.72. The Bertz CT molecular complexity index is 556. The molecule has 1 atom stereocenters. The normalized spacial score (nSPS) is 12.3. The van der Waals surface area contributed by atoms with Crippen molar-refractivity contribution in [1.82, 2.24) is 5.32 Å². The zero-order valence-corrected chi connectivity index (χ0v) is 13.9. The summed E-state index contributed by atoms with van der Waals surface area (Å²) < 4.78 is 14.7. The lowest BCUT2D eigenvalue weighted by Gasteiger charge is -2.19. The van der Waals surface area contributed by atoms with E-state index in [1.165, 1.54) is 11.6 Å². The highest BCUT2D eigenvalue weighted by molar-refractivity contribution is 9.10. The van der Waals surface area contributed by atoms with Gasteiger partial charge in [0.05, 0.1) is 0 Å².